The van der Waals surface area contributed by atoms with E-state index >= 15 is 0 Å². The number of pyridine rings is 1. The van der Waals surface area contributed by atoms with Crippen molar-refractivity contribution in [2.45, 2.75) is 51.3 Å². The summed E-state index contributed by atoms with van der Waals surface area (Å²) in [5.74, 6) is 0.403. The van der Waals surface area contributed by atoms with Gasteiger partial charge >= 0.3 is 0 Å². The fourth-order valence-electron chi connectivity index (χ4n) is 5.40. The number of nitrogens with one attached hydrogen (secondary N) is 1. The zero-order valence-corrected chi connectivity index (χ0v) is 23.8. The highest BCUT2D eigenvalue weighted by Crippen LogP contribution is 2.21. The molecule has 3 aromatic rings. The van der Waals surface area contributed by atoms with Crippen LogP contribution in [0.15, 0.2) is 66.9 Å². The summed E-state index contributed by atoms with van der Waals surface area (Å²) in [6.45, 7) is 5.24. The molecule has 3 heterocycles. The van der Waals surface area contributed by atoms with Crippen molar-refractivity contribution in [1.29, 1.82) is 5.26 Å². The molecular formula is C33H35N5O4. The van der Waals surface area contributed by atoms with Gasteiger partial charge in [0.2, 0.25) is 0 Å². The quantitative estimate of drug-likeness (QED) is 0.406. The molecule has 2 aliphatic heterocycles. The van der Waals surface area contributed by atoms with Crippen LogP contribution in [-0.2, 0) is 6.54 Å². The van der Waals surface area contributed by atoms with Crippen LogP contribution in [0.1, 0.15) is 74.9 Å². The predicted octanol–water partition coefficient (Wildman–Crippen LogP) is 4.23. The minimum Gasteiger partial charge on any atom is -0.490 e. The van der Waals surface area contributed by atoms with E-state index in [-0.39, 0.29) is 29.7 Å². The Balaban J connectivity index is 1.05. The first-order valence-corrected chi connectivity index (χ1v) is 14.4. The number of ketones is 1. The van der Waals surface area contributed by atoms with Gasteiger partial charge in [-0.2, -0.15) is 5.26 Å². The number of aromatic nitrogens is 1. The van der Waals surface area contributed by atoms with E-state index in [0.29, 0.717) is 54.1 Å². The second kappa shape index (κ2) is 13.4. The topological polar surface area (TPSA) is 116 Å². The minimum absolute atomic E-state index is 0.000839. The molecule has 0 bridgehead atoms. The zero-order chi connectivity index (χ0) is 29.5. The van der Waals surface area contributed by atoms with Crippen LogP contribution in [0.4, 0.5) is 0 Å². The van der Waals surface area contributed by atoms with Crippen LogP contribution >= 0.6 is 0 Å². The molecule has 2 amide bonds. The van der Waals surface area contributed by atoms with Crippen LogP contribution in [0, 0.1) is 11.3 Å². The number of carbonyl (C=O) groups excluding carboxylic acids is 3. The molecule has 0 unspecified atom stereocenters. The van der Waals surface area contributed by atoms with Gasteiger partial charge in [0.15, 0.2) is 5.78 Å². The molecule has 2 aliphatic rings. The molecule has 1 N–H and O–H groups in total. The Kier molecular flexibility index (Phi) is 9.25. The van der Waals surface area contributed by atoms with E-state index < -0.39 is 0 Å². The lowest BCUT2D eigenvalue weighted by Gasteiger charge is -2.32. The normalized spacial score (nSPS) is 16.4. The summed E-state index contributed by atoms with van der Waals surface area (Å²) >= 11 is 0. The van der Waals surface area contributed by atoms with Crippen molar-refractivity contribution in [3.05, 3.63) is 94.8 Å². The zero-order valence-electron chi connectivity index (χ0n) is 23.8. The van der Waals surface area contributed by atoms with Gasteiger partial charge in [-0.3, -0.25) is 24.3 Å². The third-order valence-corrected chi connectivity index (χ3v) is 7.95. The summed E-state index contributed by atoms with van der Waals surface area (Å²) in [4.78, 5) is 45.8. The van der Waals surface area contributed by atoms with Crippen molar-refractivity contribution in [2.75, 3.05) is 26.2 Å². The number of nitriles is 1. The molecule has 2 saturated heterocycles. The third kappa shape index (κ3) is 7.39. The van der Waals surface area contributed by atoms with Crippen molar-refractivity contribution in [3.8, 4) is 11.8 Å². The van der Waals surface area contributed by atoms with E-state index in [9.17, 15) is 14.4 Å². The van der Waals surface area contributed by atoms with Gasteiger partial charge in [0, 0.05) is 63.4 Å². The smallest absolute Gasteiger partial charge is 0.272 e. The van der Waals surface area contributed by atoms with E-state index in [2.05, 4.69) is 21.3 Å². The number of hydrogen-bond acceptors (Lipinski definition) is 7. The maximum Gasteiger partial charge on any atom is 0.272 e. The number of hydrogen-bond donors (Lipinski definition) is 1. The molecule has 0 spiro atoms. The minimum atomic E-state index is -0.179. The van der Waals surface area contributed by atoms with Crippen molar-refractivity contribution in [1.82, 2.24) is 20.1 Å². The number of nitrogens with zero attached hydrogens (tertiary/aromatic N) is 4. The standard InChI is InChI=1S/C33H35N5O4/c1-23(39)26-6-9-29(10-7-26)42-30-14-18-38(19-15-30)33(41)31-11-8-27(21-35-31)32(40)36-28-12-16-37(17-13-28)22-25-4-2-24(20-34)3-5-25/h2-11,21,28,30H,12-19,22H2,1H3,(H,36,40). The van der Waals surface area contributed by atoms with Gasteiger partial charge in [-0.15, -0.1) is 0 Å². The number of rotatable bonds is 8. The first-order chi connectivity index (χ1) is 20.4. The van der Waals surface area contributed by atoms with Crippen LogP contribution in [-0.4, -0.2) is 70.7 Å². The average molecular weight is 566 g/mol. The Labute approximate surface area is 246 Å². The Bertz CT molecular complexity index is 1430. The molecule has 9 nitrogen and oxygen atoms in total. The average Bonchev–Trinajstić information content (AvgIpc) is 3.03. The van der Waals surface area contributed by atoms with Crippen LogP contribution in [0.2, 0.25) is 0 Å². The maximum absolute atomic E-state index is 13.0. The van der Waals surface area contributed by atoms with Gasteiger partial charge in [-0.25, -0.2) is 0 Å². The maximum atomic E-state index is 13.0. The van der Waals surface area contributed by atoms with Crippen LogP contribution in [0.5, 0.6) is 5.75 Å². The summed E-state index contributed by atoms with van der Waals surface area (Å²) < 4.78 is 6.05. The van der Waals surface area contributed by atoms with E-state index in [1.807, 2.05) is 24.3 Å². The summed E-state index contributed by atoms with van der Waals surface area (Å²) in [6, 6.07) is 20.3. The van der Waals surface area contributed by atoms with Gasteiger partial charge < -0.3 is 15.0 Å². The van der Waals surface area contributed by atoms with Crippen molar-refractivity contribution < 1.29 is 19.1 Å². The molecule has 9 heteroatoms. The second-order valence-electron chi connectivity index (χ2n) is 11.0. The van der Waals surface area contributed by atoms with Gasteiger partial charge in [-0.1, -0.05) is 12.1 Å². The van der Waals surface area contributed by atoms with Crippen molar-refractivity contribution in [3.63, 3.8) is 0 Å². The van der Waals surface area contributed by atoms with Gasteiger partial charge in [0.1, 0.15) is 17.5 Å². The molecule has 5 rings (SSSR count). The van der Waals surface area contributed by atoms with E-state index in [1.165, 1.54) is 18.7 Å². The number of benzene rings is 2. The number of ether oxygens (including phenoxy) is 1. The highest BCUT2D eigenvalue weighted by atomic mass is 16.5. The highest BCUT2D eigenvalue weighted by Gasteiger charge is 2.26. The lowest BCUT2D eigenvalue weighted by atomic mass is 10.0. The molecule has 0 aliphatic carbocycles. The first kappa shape index (κ1) is 29.0. The molecule has 0 saturated carbocycles. The molecule has 2 aromatic carbocycles. The molecule has 0 atom stereocenters. The third-order valence-electron chi connectivity index (χ3n) is 7.95. The monoisotopic (exact) mass is 565 g/mol. The highest BCUT2D eigenvalue weighted by molar-refractivity contribution is 5.96. The molecule has 216 valence electrons. The molecule has 0 radical (unpaired) electrons. The van der Waals surface area contributed by atoms with Crippen LogP contribution < -0.4 is 10.1 Å². The SMILES string of the molecule is CC(=O)c1ccc(OC2CCN(C(=O)c3ccc(C(=O)NC4CCN(Cc5ccc(C#N)cc5)CC4)cn3)CC2)cc1. The lowest BCUT2D eigenvalue weighted by Crippen LogP contribution is -2.44. The van der Waals surface area contributed by atoms with Crippen molar-refractivity contribution >= 4 is 17.6 Å². The number of Topliss-reactive ketones (excluding diaryl/α,β-unsaturated/α-hetero) is 1. The second-order valence-corrected chi connectivity index (χ2v) is 11.0. The van der Waals surface area contributed by atoms with Crippen molar-refractivity contribution in [2.24, 2.45) is 0 Å². The van der Waals surface area contributed by atoms with E-state index in [4.69, 9.17) is 10.00 Å². The van der Waals surface area contributed by atoms with Crippen LogP contribution in [0.25, 0.3) is 0 Å². The Morgan fingerprint density at radius 3 is 2.17 bits per heavy atom. The Morgan fingerprint density at radius 1 is 0.905 bits per heavy atom. The lowest BCUT2D eigenvalue weighted by molar-refractivity contribution is 0.0589. The van der Waals surface area contributed by atoms with E-state index in [1.54, 1.807) is 41.3 Å². The Hall–Kier alpha value is -4.55. The summed E-state index contributed by atoms with van der Waals surface area (Å²) in [6.07, 6.45) is 4.59. The van der Waals surface area contributed by atoms with Gasteiger partial charge in [0.25, 0.3) is 11.8 Å². The van der Waals surface area contributed by atoms with Gasteiger partial charge in [0.05, 0.1) is 17.2 Å². The summed E-state index contributed by atoms with van der Waals surface area (Å²) in [7, 11) is 0. The largest absolute Gasteiger partial charge is 0.490 e. The summed E-state index contributed by atoms with van der Waals surface area (Å²) in [5, 5.41) is 12.1. The number of amides is 2. The van der Waals surface area contributed by atoms with Gasteiger partial charge in [-0.05, 0) is 73.9 Å². The molecule has 2 fully saturated rings. The van der Waals surface area contributed by atoms with E-state index in [0.717, 1.165) is 32.5 Å². The van der Waals surface area contributed by atoms with Crippen LogP contribution in [0.3, 0.4) is 0 Å². The molecule has 1 aromatic heterocycles. The summed E-state index contributed by atoms with van der Waals surface area (Å²) in [5.41, 5.74) is 3.24. The molecule has 42 heavy (non-hydrogen) atoms. The number of carbonyl (C=O) groups is 3. The predicted molar refractivity (Wildman–Crippen MR) is 157 cm³/mol. The molecular weight excluding hydrogens is 530 g/mol. The Morgan fingerprint density at radius 2 is 1.57 bits per heavy atom. The fraction of sp³-hybridized carbons (Fsp3) is 0.364. The number of piperidine rings is 2. The fourth-order valence-corrected chi connectivity index (χ4v) is 5.40. The first-order valence-electron chi connectivity index (χ1n) is 14.4. The number of likely N-dealkylation sites (tertiary alicyclic amines) is 2.